The van der Waals surface area contributed by atoms with Crippen molar-refractivity contribution in [1.29, 1.82) is 0 Å². The summed E-state index contributed by atoms with van der Waals surface area (Å²) in [6.45, 7) is 4.98. The van der Waals surface area contributed by atoms with Gasteiger partial charge >= 0.3 is 5.97 Å². The summed E-state index contributed by atoms with van der Waals surface area (Å²) in [7, 11) is 0. The minimum absolute atomic E-state index is 0.209. The third-order valence-corrected chi connectivity index (χ3v) is 2.97. The van der Waals surface area contributed by atoms with E-state index in [0.717, 1.165) is 0 Å². The van der Waals surface area contributed by atoms with Crippen LogP contribution < -0.4 is 0 Å². The normalized spacial score (nSPS) is 11.7. The SMILES string of the molecule is Cc1nc2ccc(C(=O)C(C)(C)CC(=O)O)cc2o1. The second-order valence-corrected chi connectivity index (χ2v) is 5.20. The Labute approximate surface area is 110 Å². The van der Waals surface area contributed by atoms with Crippen molar-refractivity contribution in [3.8, 4) is 0 Å². The van der Waals surface area contributed by atoms with Crippen LogP contribution in [0.2, 0.25) is 0 Å². The van der Waals surface area contributed by atoms with E-state index >= 15 is 0 Å². The number of aryl methyl sites for hydroxylation is 1. The van der Waals surface area contributed by atoms with Gasteiger partial charge in [0, 0.05) is 17.9 Å². The Balaban J connectivity index is 2.38. The van der Waals surface area contributed by atoms with Crippen molar-refractivity contribution in [2.24, 2.45) is 5.41 Å². The van der Waals surface area contributed by atoms with E-state index in [2.05, 4.69) is 4.98 Å². The molecule has 1 N–H and O–H groups in total. The molecule has 0 bridgehead atoms. The van der Waals surface area contributed by atoms with Gasteiger partial charge < -0.3 is 9.52 Å². The molecule has 0 aliphatic carbocycles. The molecule has 0 radical (unpaired) electrons. The molecule has 100 valence electrons. The first kappa shape index (κ1) is 13.3. The average Bonchev–Trinajstić information content (AvgIpc) is 2.65. The molecule has 5 nitrogen and oxygen atoms in total. The monoisotopic (exact) mass is 261 g/mol. The predicted molar refractivity (Wildman–Crippen MR) is 69.1 cm³/mol. The van der Waals surface area contributed by atoms with Gasteiger partial charge in [-0.2, -0.15) is 0 Å². The summed E-state index contributed by atoms with van der Waals surface area (Å²) in [5, 5.41) is 8.84. The summed E-state index contributed by atoms with van der Waals surface area (Å²) in [5.74, 6) is -0.676. The van der Waals surface area contributed by atoms with Crippen LogP contribution in [0.3, 0.4) is 0 Å². The molecule has 1 heterocycles. The zero-order valence-corrected chi connectivity index (χ0v) is 11.1. The van der Waals surface area contributed by atoms with Crippen molar-refractivity contribution in [3.05, 3.63) is 29.7 Å². The van der Waals surface area contributed by atoms with E-state index in [4.69, 9.17) is 9.52 Å². The predicted octanol–water partition coefficient (Wildman–Crippen LogP) is 2.82. The molecular formula is C14H15NO4. The van der Waals surface area contributed by atoms with Crippen LogP contribution in [0.5, 0.6) is 0 Å². The Kier molecular flexibility index (Phi) is 3.14. The van der Waals surface area contributed by atoms with Crippen LogP contribution in [0.15, 0.2) is 22.6 Å². The first-order valence-electron chi connectivity index (χ1n) is 5.93. The van der Waals surface area contributed by atoms with E-state index in [1.807, 2.05) is 0 Å². The van der Waals surface area contributed by atoms with Crippen molar-refractivity contribution in [2.75, 3.05) is 0 Å². The van der Waals surface area contributed by atoms with E-state index < -0.39 is 11.4 Å². The molecule has 0 fully saturated rings. The summed E-state index contributed by atoms with van der Waals surface area (Å²) in [6.07, 6.45) is -0.209. The van der Waals surface area contributed by atoms with Gasteiger partial charge in [-0.3, -0.25) is 9.59 Å². The van der Waals surface area contributed by atoms with Crippen molar-refractivity contribution in [3.63, 3.8) is 0 Å². The first-order valence-corrected chi connectivity index (χ1v) is 5.93. The van der Waals surface area contributed by atoms with Crippen LogP contribution >= 0.6 is 0 Å². The number of Topliss-reactive ketones (excluding diaryl/α,β-unsaturated/α-hetero) is 1. The van der Waals surface area contributed by atoms with Gasteiger partial charge in [-0.25, -0.2) is 4.98 Å². The summed E-state index contributed by atoms with van der Waals surface area (Å²) in [4.78, 5) is 27.3. The van der Waals surface area contributed by atoms with Gasteiger partial charge in [0.1, 0.15) is 5.52 Å². The van der Waals surface area contributed by atoms with E-state index in [1.165, 1.54) is 0 Å². The molecule has 0 aliphatic heterocycles. The summed E-state index contributed by atoms with van der Waals surface area (Å²) < 4.78 is 5.37. The number of carbonyl (C=O) groups excluding carboxylic acids is 1. The minimum atomic E-state index is -0.991. The maximum absolute atomic E-state index is 12.3. The Morgan fingerprint density at radius 2 is 2.05 bits per heavy atom. The molecule has 2 aromatic rings. The van der Waals surface area contributed by atoms with Gasteiger partial charge in [-0.05, 0) is 18.2 Å². The van der Waals surface area contributed by atoms with Gasteiger partial charge in [-0.15, -0.1) is 0 Å². The fourth-order valence-electron chi connectivity index (χ4n) is 2.03. The molecular weight excluding hydrogens is 246 g/mol. The van der Waals surface area contributed by atoms with Crippen LogP contribution in [-0.4, -0.2) is 21.8 Å². The molecule has 19 heavy (non-hydrogen) atoms. The Morgan fingerprint density at radius 3 is 2.68 bits per heavy atom. The molecule has 2 rings (SSSR count). The van der Waals surface area contributed by atoms with Crippen molar-refractivity contribution in [1.82, 2.24) is 4.98 Å². The first-order chi connectivity index (χ1) is 8.79. The maximum Gasteiger partial charge on any atom is 0.304 e. The van der Waals surface area contributed by atoms with Crippen LogP contribution in [-0.2, 0) is 4.79 Å². The maximum atomic E-state index is 12.3. The number of fused-ring (bicyclic) bond motifs is 1. The fourth-order valence-corrected chi connectivity index (χ4v) is 2.03. The fraction of sp³-hybridized carbons (Fsp3) is 0.357. The molecule has 1 aromatic heterocycles. The molecule has 0 saturated carbocycles. The number of aromatic nitrogens is 1. The van der Waals surface area contributed by atoms with E-state index in [1.54, 1.807) is 39.0 Å². The Morgan fingerprint density at radius 1 is 1.37 bits per heavy atom. The highest BCUT2D eigenvalue weighted by molar-refractivity contribution is 6.03. The molecule has 0 aliphatic rings. The quantitative estimate of drug-likeness (QED) is 0.856. The zero-order chi connectivity index (χ0) is 14.2. The molecule has 0 atom stereocenters. The number of carboxylic acids is 1. The lowest BCUT2D eigenvalue weighted by Crippen LogP contribution is -2.27. The van der Waals surface area contributed by atoms with Gasteiger partial charge in [0.15, 0.2) is 17.3 Å². The number of carboxylic acid groups (broad SMARTS) is 1. The van der Waals surface area contributed by atoms with Crippen LogP contribution in [0.4, 0.5) is 0 Å². The number of oxazole rings is 1. The number of rotatable bonds is 4. The van der Waals surface area contributed by atoms with Crippen molar-refractivity contribution >= 4 is 22.9 Å². The summed E-state index contributed by atoms with van der Waals surface area (Å²) in [5.41, 5.74) is 0.712. The average molecular weight is 261 g/mol. The van der Waals surface area contributed by atoms with Crippen LogP contribution in [0.25, 0.3) is 11.1 Å². The number of ketones is 1. The second kappa shape index (κ2) is 4.50. The van der Waals surface area contributed by atoms with Gasteiger partial charge in [-0.1, -0.05) is 13.8 Å². The Bertz CT molecular complexity index is 655. The van der Waals surface area contributed by atoms with E-state index in [0.29, 0.717) is 22.6 Å². The molecule has 0 saturated heterocycles. The number of benzene rings is 1. The number of nitrogens with zero attached hydrogens (tertiary/aromatic N) is 1. The molecule has 0 amide bonds. The summed E-state index contributed by atoms with van der Waals surface area (Å²) in [6, 6.07) is 4.97. The van der Waals surface area contributed by atoms with Gasteiger partial charge in [0.05, 0.1) is 6.42 Å². The smallest absolute Gasteiger partial charge is 0.304 e. The molecule has 1 aromatic carbocycles. The van der Waals surface area contributed by atoms with Crippen LogP contribution in [0.1, 0.15) is 36.5 Å². The highest BCUT2D eigenvalue weighted by Crippen LogP contribution is 2.27. The van der Waals surface area contributed by atoms with Crippen molar-refractivity contribution in [2.45, 2.75) is 27.2 Å². The number of aliphatic carboxylic acids is 1. The van der Waals surface area contributed by atoms with E-state index in [-0.39, 0.29) is 12.2 Å². The highest BCUT2D eigenvalue weighted by atomic mass is 16.4. The number of hydrogen-bond acceptors (Lipinski definition) is 4. The van der Waals surface area contributed by atoms with Gasteiger partial charge in [0.2, 0.25) is 0 Å². The summed E-state index contributed by atoms with van der Waals surface area (Å²) >= 11 is 0. The topological polar surface area (TPSA) is 80.4 Å². The molecule has 5 heteroatoms. The third-order valence-electron chi connectivity index (χ3n) is 2.97. The van der Waals surface area contributed by atoms with Crippen LogP contribution in [0, 0.1) is 12.3 Å². The lowest BCUT2D eigenvalue weighted by Gasteiger charge is -2.20. The van der Waals surface area contributed by atoms with Crippen molar-refractivity contribution < 1.29 is 19.1 Å². The zero-order valence-electron chi connectivity index (χ0n) is 11.1. The largest absolute Gasteiger partial charge is 0.481 e. The van der Waals surface area contributed by atoms with E-state index in [9.17, 15) is 9.59 Å². The lowest BCUT2D eigenvalue weighted by atomic mass is 9.81. The van der Waals surface area contributed by atoms with Gasteiger partial charge in [0.25, 0.3) is 0 Å². The number of carbonyl (C=O) groups is 2. The Hall–Kier alpha value is -2.17. The molecule has 0 spiro atoms. The molecule has 0 unspecified atom stereocenters. The highest BCUT2D eigenvalue weighted by Gasteiger charge is 2.31. The second-order valence-electron chi connectivity index (χ2n) is 5.20. The lowest BCUT2D eigenvalue weighted by molar-refractivity contribution is -0.138. The number of hydrogen-bond donors (Lipinski definition) is 1. The standard InChI is InChI=1S/C14H15NO4/c1-8-15-10-5-4-9(6-11(10)19-8)13(18)14(2,3)7-12(16)17/h4-6H,7H2,1-3H3,(H,16,17). The third kappa shape index (κ3) is 2.65. The minimum Gasteiger partial charge on any atom is -0.481 e.